The number of nitrogens with zero attached hydrogens (tertiary/aromatic N) is 3. The van der Waals surface area contributed by atoms with Crippen LogP contribution in [0.15, 0.2) is 35.3 Å². The molecule has 0 atom stereocenters. The largest absolute Gasteiger partial charge is 0.356 e. The van der Waals surface area contributed by atoms with Crippen LogP contribution in [0.1, 0.15) is 31.7 Å². The molecule has 0 bridgehead atoms. The number of rotatable bonds is 8. The number of likely N-dealkylation sites (N-methyl/N-ethyl adjacent to an activating group) is 1. The van der Waals surface area contributed by atoms with Crippen molar-refractivity contribution in [3.8, 4) is 0 Å². The van der Waals surface area contributed by atoms with Gasteiger partial charge in [0, 0.05) is 39.8 Å². The number of hydrogen-bond donors (Lipinski definition) is 2. The number of benzene rings is 1. The van der Waals surface area contributed by atoms with Crippen molar-refractivity contribution in [1.82, 2.24) is 20.4 Å². The van der Waals surface area contributed by atoms with Crippen LogP contribution in [0.3, 0.4) is 0 Å². The zero-order chi connectivity index (χ0) is 19.5. The summed E-state index contributed by atoms with van der Waals surface area (Å²) in [6.07, 6.45) is 4.36. The highest BCUT2D eigenvalue weighted by Crippen LogP contribution is 2.10. The number of likely N-dealkylation sites (tertiary alicyclic amines) is 1. The molecule has 6 nitrogen and oxygen atoms in total. The fourth-order valence-electron chi connectivity index (χ4n) is 3.22. The first-order valence-electron chi connectivity index (χ1n) is 10.1. The maximum atomic E-state index is 11.9. The number of hydrogen-bond acceptors (Lipinski definition) is 3. The molecule has 0 unspecified atom stereocenters. The summed E-state index contributed by atoms with van der Waals surface area (Å²) in [4.78, 5) is 20.5. The van der Waals surface area contributed by atoms with Crippen molar-refractivity contribution in [1.29, 1.82) is 0 Å². The number of carbonyl (C=O) groups is 1. The number of nitrogens with one attached hydrogen (secondary N) is 2. The van der Waals surface area contributed by atoms with Gasteiger partial charge in [0.2, 0.25) is 5.91 Å². The molecule has 2 N–H and O–H groups in total. The van der Waals surface area contributed by atoms with Gasteiger partial charge in [-0.1, -0.05) is 37.3 Å². The molecule has 0 radical (unpaired) electrons. The van der Waals surface area contributed by atoms with Crippen LogP contribution >= 0.6 is 0 Å². The Kier molecular flexibility index (Phi) is 9.11. The van der Waals surface area contributed by atoms with Crippen molar-refractivity contribution in [2.45, 2.75) is 38.6 Å². The third kappa shape index (κ3) is 7.99. The second-order valence-electron chi connectivity index (χ2n) is 7.38. The third-order valence-corrected chi connectivity index (χ3v) is 4.89. The Bertz CT molecular complexity index is 579. The Morgan fingerprint density at radius 3 is 2.56 bits per heavy atom. The molecule has 1 fully saturated rings. The zero-order valence-corrected chi connectivity index (χ0v) is 17.1. The summed E-state index contributed by atoms with van der Waals surface area (Å²) in [5, 5.41) is 6.94. The van der Waals surface area contributed by atoms with E-state index in [0.29, 0.717) is 6.04 Å². The van der Waals surface area contributed by atoms with Gasteiger partial charge in [0.1, 0.15) is 6.54 Å². The van der Waals surface area contributed by atoms with Crippen LogP contribution in [0.25, 0.3) is 0 Å². The number of carbonyl (C=O) groups excluding carboxylic acids is 1. The molecule has 150 valence electrons. The molecule has 6 heteroatoms. The Morgan fingerprint density at radius 2 is 1.93 bits per heavy atom. The second-order valence-corrected chi connectivity index (χ2v) is 7.38. The van der Waals surface area contributed by atoms with Gasteiger partial charge in [-0.05, 0) is 37.8 Å². The summed E-state index contributed by atoms with van der Waals surface area (Å²) in [7, 11) is 3.52. The van der Waals surface area contributed by atoms with Crippen LogP contribution < -0.4 is 10.6 Å². The Hall–Kier alpha value is -2.08. The van der Waals surface area contributed by atoms with Crippen molar-refractivity contribution in [3.05, 3.63) is 35.9 Å². The first-order valence-corrected chi connectivity index (χ1v) is 10.1. The summed E-state index contributed by atoms with van der Waals surface area (Å²) in [5.41, 5.74) is 1.29. The van der Waals surface area contributed by atoms with Gasteiger partial charge in [-0.25, -0.2) is 4.99 Å². The Balaban J connectivity index is 1.87. The monoisotopic (exact) mass is 373 g/mol. The van der Waals surface area contributed by atoms with E-state index in [0.717, 1.165) is 44.9 Å². The van der Waals surface area contributed by atoms with E-state index >= 15 is 0 Å². The summed E-state index contributed by atoms with van der Waals surface area (Å²) >= 11 is 0. The van der Waals surface area contributed by atoms with Gasteiger partial charge in [0.05, 0.1) is 0 Å². The van der Waals surface area contributed by atoms with Crippen molar-refractivity contribution < 1.29 is 4.79 Å². The fourth-order valence-corrected chi connectivity index (χ4v) is 3.22. The van der Waals surface area contributed by atoms with Crippen LogP contribution in [-0.2, 0) is 11.2 Å². The van der Waals surface area contributed by atoms with Crippen LogP contribution in [0.4, 0.5) is 0 Å². The van der Waals surface area contributed by atoms with Crippen molar-refractivity contribution in [3.63, 3.8) is 0 Å². The molecule has 0 aromatic heterocycles. The van der Waals surface area contributed by atoms with Gasteiger partial charge in [0.25, 0.3) is 0 Å². The highest BCUT2D eigenvalue weighted by Gasteiger charge is 2.19. The molecule has 0 saturated carbocycles. The molecular formula is C21H35N5O. The molecule has 0 aliphatic carbocycles. The summed E-state index contributed by atoms with van der Waals surface area (Å²) < 4.78 is 0. The normalized spacial score (nSPS) is 16.2. The van der Waals surface area contributed by atoms with Gasteiger partial charge >= 0.3 is 0 Å². The topological polar surface area (TPSA) is 60.0 Å². The van der Waals surface area contributed by atoms with Gasteiger partial charge in [-0.3, -0.25) is 4.79 Å². The highest BCUT2D eigenvalue weighted by atomic mass is 16.2. The van der Waals surface area contributed by atoms with Gasteiger partial charge in [0.15, 0.2) is 5.96 Å². The Labute approximate surface area is 164 Å². The number of guanidine groups is 1. The van der Waals surface area contributed by atoms with E-state index in [1.165, 1.54) is 18.5 Å². The summed E-state index contributed by atoms with van der Waals surface area (Å²) in [6.45, 7) is 6.62. The minimum absolute atomic E-state index is 0.0110. The predicted octanol–water partition coefficient (Wildman–Crippen LogP) is 1.73. The SMILES string of the molecule is CCCN1CCC(NC(=NCC(=O)N(C)C)NCCc2ccccc2)CC1. The second kappa shape index (κ2) is 11.6. The molecule has 0 spiro atoms. The van der Waals surface area contributed by atoms with E-state index in [4.69, 9.17) is 0 Å². The molecule has 1 heterocycles. The summed E-state index contributed by atoms with van der Waals surface area (Å²) in [6, 6.07) is 10.8. The molecule has 1 amide bonds. The number of aliphatic imine (C=N–C) groups is 1. The fraction of sp³-hybridized carbons (Fsp3) is 0.619. The average molecular weight is 374 g/mol. The van der Waals surface area contributed by atoms with Crippen LogP contribution in [0, 0.1) is 0 Å². The minimum atomic E-state index is 0.0110. The first-order chi connectivity index (χ1) is 13.1. The van der Waals surface area contributed by atoms with Crippen LogP contribution in [0.2, 0.25) is 0 Å². The first kappa shape index (κ1) is 21.2. The number of amides is 1. The van der Waals surface area contributed by atoms with E-state index < -0.39 is 0 Å². The van der Waals surface area contributed by atoms with Crippen molar-refractivity contribution in [2.75, 3.05) is 46.8 Å². The van der Waals surface area contributed by atoms with E-state index in [2.05, 4.69) is 51.7 Å². The van der Waals surface area contributed by atoms with Crippen molar-refractivity contribution >= 4 is 11.9 Å². The molecule has 1 aromatic carbocycles. The van der Waals surface area contributed by atoms with Crippen LogP contribution in [0.5, 0.6) is 0 Å². The molecule has 1 aromatic rings. The molecule has 1 aliphatic heterocycles. The van der Waals surface area contributed by atoms with Crippen LogP contribution in [-0.4, -0.2) is 74.5 Å². The lowest BCUT2D eigenvalue weighted by atomic mass is 10.1. The third-order valence-electron chi connectivity index (χ3n) is 4.89. The molecule has 1 saturated heterocycles. The number of piperidine rings is 1. The lowest BCUT2D eigenvalue weighted by Crippen LogP contribution is -2.49. The smallest absolute Gasteiger partial charge is 0.243 e. The Morgan fingerprint density at radius 1 is 1.22 bits per heavy atom. The molecule has 2 rings (SSSR count). The lowest BCUT2D eigenvalue weighted by molar-refractivity contribution is -0.127. The van der Waals surface area contributed by atoms with Gasteiger partial charge in [-0.2, -0.15) is 0 Å². The average Bonchev–Trinajstić information content (AvgIpc) is 2.68. The zero-order valence-electron chi connectivity index (χ0n) is 17.1. The standard InChI is InChI=1S/C21H35N5O/c1-4-14-26-15-11-19(12-16-26)24-21(23-17-20(27)25(2)3)22-13-10-18-8-6-5-7-9-18/h5-9,19H,4,10-17H2,1-3H3,(H2,22,23,24). The molecule has 27 heavy (non-hydrogen) atoms. The summed E-state index contributed by atoms with van der Waals surface area (Å²) in [5.74, 6) is 0.756. The van der Waals surface area contributed by atoms with E-state index in [1.54, 1.807) is 19.0 Å². The predicted molar refractivity (Wildman–Crippen MR) is 112 cm³/mol. The van der Waals surface area contributed by atoms with E-state index in [1.807, 2.05) is 6.07 Å². The lowest BCUT2D eigenvalue weighted by Gasteiger charge is -2.32. The maximum absolute atomic E-state index is 11.9. The highest BCUT2D eigenvalue weighted by molar-refractivity contribution is 5.84. The van der Waals surface area contributed by atoms with Gasteiger partial charge < -0.3 is 20.4 Å². The van der Waals surface area contributed by atoms with Crippen molar-refractivity contribution in [2.24, 2.45) is 4.99 Å². The maximum Gasteiger partial charge on any atom is 0.243 e. The quantitative estimate of drug-likeness (QED) is 0.538. The van der Waals surface area contributed by atoms with E-state index in [9.17, 15) is 4.79 Å². The molecular weight excluding hydrogens is 338 g/mol. The van der Waals surface area contributed by atoms with Gasteiger partial charge in [-0.15, -0.1) is 0 Å². The molecule has 1 aliphatic rings. The van der Waals surface area contributed by atoms with E-state index in [-0.39, 0.29) is 12.5 Å². The minimum Gasteiger partial charge on any atom is -0.356 e.